The fourth-order valence-electron chi connectivity index (χ4n) is 5.50. The molecule has 4 atom stereocenters. The number of rotatable bonds is 4. The fraction of sp³-hybridized carbons (Fsp3) is 0.269. The molecule has 3 heterocycles. The topological polar surface area (TPSA) is 136 Å². The monoisotopic (exact) mass is 454 g/mol. The largest absolute Gasteiger partial charge is 0.390 e. The Kier molecular flexibility index (Phi) is 4.86. The molecule has 0 amide bonds. The number of nitrogen functional groups attached to an aromatic ring is 2. The van der Waals surface area contributed by atoms with E-state index in [0.29, 0.717) is 23.7 Å². The molecule has 5 aromatic rings. The number of hydrogen-bond donors (Lipinski definition) is 4. The van der Waals surface area contributed by atoms with Crippen LogP contribution in [0.25, 0.3) is 32.8 Å². The summed E-state index contributed by atoms with van der Waals surface area (Å²) in [6.45, 7) is 0. The lowest BCUT2D eigenvalue weighted by molar-refractivity contribution is 0.00595. The molecule has 172 valence electrons. The van der Waals surface area contributed by atoms with E-state index in [1.54, 1.807) is 6.07 Å². The Hall–Kier alpha value is -3.75. The third-order valence-electron chi connectivity index (χ3n) is 7.20. The van der Waals surface area contributed by atoms with E-state index in [4.69, 9.17) is 11.5 Å². The number of pyridine rings is 1. The molecule has 8 heteroatoms. The Bertz CT molecular complexity index is 1530. The molecule has 8 nitrogen and oxygen atoms in total. The van der Waals surface area contributed by atoms with Gasteiger partial charge in [-0.25, -0.2) is 15.0 Å². The molecule has 3 unspecified atom stereocenters. The number of aryl methyl sites for hydroxylation is 1. The zero-order valence-corrected chi connectivity index (χ0v) is 18.5. The van der Waals surface area contributed by atoms with E-state index < -0.39 is 12.2 Å². The average molecular weight is 455 g/mol. The van der Waals surface area contributed by atoms with E-state index in [0.717, 1.165) is 45.6 Å². The maximum absolute atomic E-state index is 11.1. The van der Waals surface area contributed by atoms with Crippen molar-refractivity contribution in [2.45, 2.75) is 37.5 Å². The second kappa shape index (κ2) is 7.93. The van der Waals surface area contributed by atoms with Gasteiger partial charge in [0, 0.05) is 10.8 Å². The Balaban J connectivity index is 1.30. The Morgan fingerprint density at radius 2 is 1.79 bits per heavy atom. The van der Waals surface area contributed by atoms with Gasteiger partial charge in [0.25, 0.3) is 0 Å². The Labute approximate surface area is 195 Å². The number of anilines is 2. The second-order valence-electron chi connectivity index (χ2n) is 9.19. The fourth-order valence-corrected chi connectivity index (χ4v) is 5.50. The summed E-state index contributed by atoms with van der Waals surface area (Å²) in [5, 5.41) is 24.8. The maximum Gasteiger partial charge on any atom is 0.146 e. The summed E-state index contributed by atoms with van der Waals surface area (Å²) in [6.07, 6.45) is 1.88. The summed E-state index contributed by atoms with van der Waals surface area (Å²) in [4.78, 5) is 13.1. The van der Waals surface area contributed by atoms with E-state index >= 15 is 0 Å². The molecule has 1 fully saturated rings. The summed E-state index contributed by atoms with van der Waals surface area (Å²) in [6, 6.07) is 17.5. The van der Waals surface area contributed by atoms with Crippen molar-refractivity contribution in [3.05, 3.63) is 66.5 Å². The highest BCUT2D eigenvalue weighted by Gasteiger charge is 2.43. The Morgan fingerprint density at radius 3 is 2.68 bits per heavy atom. The van der Waals surface area contributed by atoms with E-state index in [2.05, 4.69) is 21.0 Å². The molecule has 1 aliphatic carbocycles. The molecular formula is C26H26N6O2. The first-order valence-corrected chi connectivity index (χ1v) is 11.5. The van der Waals surface area contributed by atoms with Crippen molar-refractivity contribution in [2.24, 2.45) is 5.92 Å². The van der Waals surface area contributed by atoms with Crippen LogP contribution in [0.1, 0.15) is 24.4 Å². The first-order chi connectivity index (χ1) is 16.5. The molecule has 3 aromatic heterocycles. The molecule has 2 aromatic carbocycles. The van der Waals surface area contributed by atoms with Crippen molar-refractivity contribution in [3.63, 3.8) is 0 Å². The van der Waals surface area contributed by atoms with E-state index in [1.807, 2.05) is 47.0 Å². The van der Waals surface area contributed by atoms with Crippen LogP contribution in [-0.2, 0) is 6.42 Å². The number of aliphatic hydroxyl groups is 2. The molecule has 0 spiro atoms. The summed E-state index contributed by atoms with van der Waals surface area (Å²) in [5.41, 5.74) is 15.6. The van der Waals surface area contributed by atoms with Crippen LogP contribution < -0.4 is 11.5 Å². The number of nitrogens with zero attached hydrogens (tertiary/aromatic N) is 4. The van der Waals surface area contributed by atoms with E-state index in [1.165, 1.54) is 6.33 Å². The van der Waals surface area contributed by atoms with Gasteiger partial charge in [-0.2, -0.15) is 0 Å². The minimum atomic E-state index is -0.904. The minimum Gasteiger partial charge on any atom is -0.390 e. The lowest BCUT2D eigenvalue weighted by Crippen LogP contribution is -2.29. The van der Waals surface area contributed by atoms with Gasteiger partial charge in [0.15, 0.2) is 0 Å². The number of para-hydroxylation sites is 1. The van der Waals surface area contributed by atoms with E-state index in [9.17, 15) is 10.2 Å². The standard InChI is InChI=1S/C26H26N6O2/c27-21-10-9-15-7-5-14(11-18(15)31-21)6-8-16-12-20(24(34)23(16)33)32-19-4-2-1-3-17(19)22-25(28)29-13-30-26(22)32/h1-5,7,9-11,13,16,20,23-24,33-34H,6,8,12H2,(H2,27,31)(H2,28,29,30)/t16?,20?,23-,24?/m0/s1. The van der Waals surface area contributed by atoms with Gasteiger partial charge >= 0.3 is 0 Å². The maximum atomic E-state index is 11.1. The highest BCUT2D eigenvalue weighted by Crippen LogP contribution is 2.42. The second-order valence-corrected chi connectivity index (χ2v) is 9.19. The molecule has 0 radical (unpaired) electrons. The van der Waals surface area contributed by atoms with Gasteiger partial charge in [0.1, 0.15) is 29.7 Å². The predicted molar refractivity (Wildman–Crippen MR) is 133 cm³/mol. The first-order valence-electron chi connectivity index (χ1n) is 11.5. The highest BCUT2D eigenvalue weighted by atomic mass is 16.3. The molecule has 0 saturated heterocycles. The van der Waals surface area contributed by atoms with Crippen LogP contribution >= 0.6 is 0 Å². The van der Waals surface area contributed by atoms with Crippen LogP contribution in [0.5, 0.6) is 0 Å². The van der Waals surface area contributed by atoms with Gasteiger partial charge in [-0.3, -0.25) is 0 Å². The van der Waals surface area contributed by atoms with Gasteiger partial charge in [-0.1, -0.05) is 30.3 Å². The lowest BCUT2D eigenvalue weighted by atomic mass is 9.95. The highest BCUT2D eigenvalue weighted by molar-refractivity contribution is 6.11. The minimum absolute atomic E-state index is 0.0557. The molecule has 6 rings (SSSR count). The summed E-state index contributed by atoms with van der Waals surface area (Å²) in [5.74, 6) is 0.854. The third-order valence-corrected chi connectivity index (χ3v) is 7.20. The quantitative estimate of drug-likeness (QED) is 0.327. The first kappa shape index (κ1) is 20.8. The SMILES string of the molecule is Nc1ccc2ccc(CCC3CC(n4c5ccccc5c5c(N)ncnc54)C(O)[C@H]3O)cc2n1. The van der Waals surface area contributed by atoms with Crippen molar-refractivity contribution >= 4 is 44.5 Å². The van der Waals surface area contributed by atoms with Crippen molar-refractivity contribution in [1.82, 2.24) is 19.5 Å². The number of aromatic nitrogens is 4. The van der Waals surface area contributed by atoms with Gasteiger partial charge in [0.05, 0.1) is 28.6 Å². The number of nitrogens with two attached hydrogens (primary N) is 2. The zero-order valence-electron chi connectivity index (χ0n) is 18.5. The normalized spacial score (nSPS) is 22.8. The smallest absolute Gasteiger partial charge is 0.146 e. The molecule has 0 aliphatic heterocycles. The van der Waals surface area contributed by atoms with Crippen LogP contribution in [-0.4, -0.2) is 41.9 Å². The number of benzene rings is 2. The molecular weight excluding hydrogens is 428 g/mol. The van der Waals surface area contributed by atoms with Crippen LogP contribution in [0.2, 0.25) is 0 Å². The lowest BCUT2D eigenvalue weighted by Gasteiger charge is -2.20. The van der Waals surface area contributed by atoms with Gasteiger partial charge < -0.3 is 26.2 Å². The van der Waals surface area contributed by atoms with Crippen LogP contribution in [0.3, 0.4) is 0 Å². The van der Waals surface area contributed by atoms with Crippen LogP contribution in [0.15, 0.2) is 60.9 Å². The van der Waals surface area contributed by atoms with Gasteiger partial charge in [0.2, 0.25) is 0 Å². The van der Waals surface area contributed by atoms with Crippen molar-refractivity contribution in [1.29, 1.82) is 0 Å². The molecule has 6 N–H and O–H groups in total. The van der Waals surface area contributed by atoms with Gasteiger partial charge in [-0.15, -0.1) is 0 Å². The van der Waals surface area contributed by atoms with Crippen molar-refractivity contribution < 1.29 is 10.2 Å². The van der Waals surface area contributed by atoms with Crippen LogP contribution in [0.4, 0.5) is 11.6 Å². The summed E-state index contributed by atoms with van der Waals surface area (Å²) < 4.78 is 2.03. The van der Waals surface area contributed by atoms with E-state index in [-0.39, 0.29) is 12.0 Å². The Morgan fingerprint density at radius 1 is 0.971 bits per heavy atom. The number of aliphatic hydroxyl groups excluding tert-OH is 2. The average Bonchev–Trinajstić information content (AvgIpc) is 3.32. The van der Waals surface area contributed by atoms with Crippen LogP contribution in [0, 0.1) is 5.92 Å². The van der Waals surface area contributed by atoms with Crippen molar-refractivity contribution in [2.75, 3.05) is 11.5 Å². The van der Waals surface area contributed by atoms with Gasteiger partial charge in [-0.05, 0) is 55.0 Å². The number of hydrogen-bond acceptors (Lipinski definition) is 7. The zero-order chi connectivity index (χ0) is 23.4. The third kappa shape index (κ3) is 3.26. The molecule has 1 saturated carbocycles. The summed E-state index contributed by atoms with van der Waals surface area (Å²) >= 11 is 0. The predicted octanol–water partition coefficient (Wildman–Crippen LogP) is 3.21. The molecule has 0 bridgehead atoms. The summed E-state index contributed by atoms with van der Waals surface area (Å²) in [7, 11) is 0. The molecule has 1 aliphatic rings. The van der Waals surface area contributed by atoms with Crippen molar-refractivity contribution in [3.8, 4) is 0 Å². The number of fused-ring (bicyclic) bond motifs is 4. The molecule has 34 heavy (non-hydrogen) atoms.